The van der Waals surface area contributed by atoms with E-state index in [2.05, 4.69) is 4.98 Å². The highest BCUT2D eigenvalue weighted by Crippen LogP contribution is 2.17. The van der Waals surface area contributed by atoms with Gasteiger partial charge < -0.3 is 4.74 Å². The first kappa shape index (κ1) is 19.7. The lowest BCUT2D eigenvalue weighted by molar-refractivity contribution is -0.133. The fourth-order valence-corrected chi connectivity index (χ4v) is 3.57. The molecule has 0 unspecified atom stereocenters. The molecule has 0 bridgehead atoms. The zero-order valence-corrected chi connectivity index (χ0v) is 15.7. The molecule has 0 saturated heterocycles. The third-order valence-corrected chi connectivity index (χ3v) is 5.48. The molecular weight excluding hydrogens is 411 g/mol. The number of nitrogens with zero attached hydrogens (tertiary/aromatic N) is 2. The molecule has 3 aromatic rings. The third-order valence-electron chi connectivity index (χ3n) is 3.58. The van der Waals surface area contributed by atoms with Crippen molar-refractivity contribution in [3.63, 3.8) is 0 Å². The van der Waals surface area contributed by atoms with Crippen molar-refractivity contribution >= 4 is 27.6 Å². The molecule has 0 N–H and O–H groups in total. The van der Waals surface area contributed by atoms with E-state index in [1.54, 1.807) is 18.2 Å². The van der Waals surface area contributed by atoms with Gasteiger partial charge in [-0.25, -0.2) is 17.6 Å². The second-order valence-electron chi connectivity index (χ2n) is 5.54. The van der Waals surface area contributed by atoms with Gasteiger partial charge in [-0.2, -0.15) is 8.96 Å². The Hall–Kier alpha value is -3.04. The van der Waals surface area contributed by atoms with Crippen molar-refractivity contribution in [2.24, 2.45) is 0 Å². The number of aromatic nitrogens is 2. The molecule has 28 heavy (non-hydrogen) atoms. The number of hydrogen-bond acceptors (Lipinski definition) is 6. The van der Waals surface area contributed by atoms with Gasteiger partial charge in [0.25, 0.3) is 10.0 Å². The molecule has 1 aromatic heterocycles. The number of para-hydroxylation sites is 1. The van der Waals surface area contributed by atoms with Crippen molar-refractivity contribution < 1.29 is 22.3 Å². The molecule has 0 aliphatic heterocycles. The summed E-state index contributed by atoms with van der Waals surface area (Å²) in [7, 11) is -4.38. The van der Waals surface area contributed by atoms with Gasteiger partial charge in [0.15, 0.2) is 5.82 Å². The Kier molecular flexibility index (Phi) is 5.57. The quantitative estimate of drug-likeness (QED) is 0.463. The van der Waals surface area contributed by atoms with Crippen molar-refractivity contribution in [2.45, 2.75) is 11.3 Å². The minimum Gasteiger partial charge on any atom is -0.426 e. The van der Waals surface area contributed by atoms with Crippen LogP contribution >= 0.6 is 11.6 Å². The molecule has 0 atom stereocenters. The molecule has 0 spiro atoms. The van der Waals surface area contributed by atoms with Gasteiger partial charge in [0.2, 0.25) is 0 Å². The Bertz CT molecular complexity index is 1180. The topological polar surface area (TPSA) is 95.3 Å². The number of ether oxygens (including phenoxy) is 1. The van der Waals surface area contributed by atoms with Crippen LogP contribution < -0.4 is 10.4 Å². The van der Waals surface area contributed by atoms with Crippen LogP contribution in [0.1, 0.15) is 5.69 Å². The van der Waals surface area contributed by atoms with Crippen LogP contribution in [0, 0.1) is 5.82 Å². The molecule has 2 aromatic carbocycles. The molecular formula is C18H12ClFN2O5S. The van der Waals surface area contributed by atoms with E-state index in [0.29, 0.717) is 11.2 Å². The van der Waals surface area contributed by atoms with Crippen LogP contribution in [0.25, 0.3) is 0 Å². The number of rotatable bonds is 5. The summed E-state index contributed by atoms with van der Waals surface area (Å²) < 4.78 is 44.5. The lowest BCUT2D eigenvalue weighted by atomic mass is 10.3. The van der Waals surface area contributed by atoms with Crippen molar-refractivity contribution in [1.29, 1.82) is 0 Å². The van der Waals surface area contributed by atoms with Gasteiger partial charge in [0, 0.05) is 5.02 Å². The SMILES string of the molecule is O=C(Cc1nc(=O)n(S(=O)(=O)c2ccc(Cl)cc2)cc1F)Oc1ccccc1. The first-order chi connectivity index (χ1) is 13.3. The van der Waals surface area contributed by atoms with E-state index in [1.165, 1.54) is 36.4 Å². The molecule has 0 aliphatic carbocycles. The number of carbonyl (C=O) groups is 1. The van der Waals surface area contributed by atoms with Crippen molar-refractivity contribution in [2.75, 3.05) is 0 Å². The summed E-state index contributed by atoms with van der Waals surface area (Å²) in [5, 5.41) is 0.294. The number of esters is 1. The zero-order chi connectivity index (χ0) is 20.3. The molecule has 0 radical (unpaired) electrons. The van der Waals surface area contributed by atoms with Crippen LogP contribution in [-0.2, 0) is 21.2 Å². The van der Waals surface area contributed by atoms with E-state index in [9.17, 15) is 22.4 Å². The van der Waals surface area contributed by atoms with Gasteiger partial charge in [-0.05, 0) is 36.4 Å². The van der Waals surface area contributed by atoms with Gasteiger partial charge in [0.1, 0.15) is 5.75 Å². The van der Waals surface area contributed by atoms with E-state index in [4.69, 9.17) is 16.3 Å². The van der Waals surface area contributed by atoms with Crippen LogP contribution in [0.3, 0.4) is 0 Å². The Labute approximate surface area is 164 Å². The van der Waals surface area contributed by atoms with Crippen LogP contribution in [-0.4, -0.2) is 23.3 Å². The number of carbonyl (C=O) groups excluding carboxylic acids is 1. The van der Waals surface area contributed by atoms with Gasteiger partial charge in [-0.15, -0.1) is 0 Å². The fourth-order valence-electron chi connectivity index (χ4n) is 2.26. The average molecular weight is 423 g/mol. The standard InChI is InChI=1S/C18H12ClFN2O5S/c19-12-6-8-14(9-7-12)28(25,26)22-11-15(20)16(21-18(22)24)10-17(23)27-13-4-2-1-3-5-13/h1-9,11H,10H2. The number of benzene rings is 2. The van der Waals surface area contributed by atoms with Crippen LogP contribution in [0.4, 0.5) is 4.39 Å². The third kappa shape index (κ3) is 4.26. The predicted octanol–water partition coefficient (Wildman–Crippen LogP) is 2.42. The molecule has 7 nitrogen and oxygen atoms in total. The average Bonchev–Trinajstić information content (AvgIpc) is 2.65. The molecule has 10 heteroatoms. The highest BCUT2D eigenvalue weighted by molar-refractivity contribution is 7.90. The largest absolute Gasteiger partial charge is 0.426 e. The summed E-state index contributed by atoms with van der Waals surface area (Å²) in [5.41, 5.74) is -1.77. The van der Waals surface area contributed by atoms with E-state index in [-0.39, 0.29) is 14.6 Å². The fraction of sp³-hybridized carbons (Fsp3) is 0.0556. The van der Waals surface area contributed by atoms with E-state index in [0.717, 1.165) is 0 Å². The molecule has 1 heterocycles. The highest BCUT2D eigenvalue weighted by atomic mass is 35.5. The maximum Gasteiger partial charge on any atom is 0.362 e. The Morgan fingerprint density at radius 3 is 2.39 bits per heavy atom. The van der Waals surface area contributed by atoms with Crippen molar-refractivity contribution in [3.8, 4) is 5.75 Å². The summed E-state index contributed by atoms with van der Waals surface area (Å²) >= 11 is 5.71. The first-order valence-electron chi connectivity index (χ1n) is 7.82. The minimum atomic E-state index is -4.38. The minimum absolute atomic E-state index is 0.164. The second-order valence-corrected chi connectivity index (χ2v) is 7.79. The number of hydrogen-bond donors (Lipinski definition) is 0. The Morgan fingerprint density at radius 2 is 1.75 bits per heavy atom. The van der Waals surface area contributed by atoms with E-state index >= 15 is 0 Å². The van der Waals surface area contributed by atoms with Gasteiger partial charge in [-0.1, -0.05) is 29.8 Å². The summed E-state index contributed by atoms with van der Waals surface area (Å²) in [6.07, 6.45) is -0.164. The maximum atomic E-state index is 14.3. The summed E-state index contributed by atoms with van der Waals surface area (Å²) in [5.74, 6) is -1.75. The van der Waals surface area contributed by atoms with Gasteiger partial charge >= 0.3 is 11.7 Å². The lowest BCUT2D eigenvalue weighted by Crippen LogP contribution is -2.31. The van der Waals surface area contributed by atoms with Gasteiger partial charge in [-0.3, -0.25) is 4.79 Å². The molecule has 0 amide bonds. The normalized spacial score (nSPS) is 11.2. The highest BCUT2D eigenvalue weighted by Gasteiger charge is 2.22. The molecule has 0 aliphatic rings. The Morgan fingerprint density at radius 1 is 1.11 bits per heavy atom. The maximum absolute atomic E-state index is 14.3. The van der Waals surface area contributed by atoms with E-state index < -0.39 is 39.6 Å². The smallest absolute Gasteiger partial charge is 0.362 e. The molecule has 144 valence electrons. The Balaban J connectivity index is 1.88. The number of halogens is 2. The monoisotopic (exact) mass is 422 g/mol. The lowest BCUT2D eigenvalue weighted by Gasteiger charge is -2.09. The van der Waals surface area contributed by atoms with Crippen LogP contribution in [0.2, 0.25) is 5.02 Å². The summed E-state index contributed by atoms with van der Waals surface area (Å²) in [6.45, 7) is 0. The predicted molar refractivity (Wildman–Crippen MR) is 98.3 cm³/mol. The zero-order valence-electron chi connectivity index (χ0n) is 14.1. The molecule has 0 saturated carbocycles. The summed E-state index contributed by atoms with van der Waals surface area (Å²) in [4.78, 5) is 27.2. The first-order valence-corrected chi connectivity index (χ1v) is 9.64. The second kappa shape index (κ2) is 7.91. The molecule has 0 fully saturated rings. The van der Waals surface area contributed by atoms with Crippen LogP contribution in [0.15, 0.2) is 70.5 Å². The van der Waals surface area contributed by atoms with Crippen molar-refractivity contribution in [3.05, 3.63) is 87.8 Å². The molecule has 3 rings (SSSR count). The van der Waals surface area contributed by atoms with Gasteiger partial charge in [0.05, 0.1) is 23.2 Å². The van der Waals surface area contributed by atoms with E-state index in [1.807, 2.05) is 0 Å². The van der Waals surface area contributed by atoms with Crippen molar-refractivity contribution in [1.82, 2.24) is 8.96 Å². The van der Waals surface area contributed by atoms with Crippen LogP contribution in [0.5, 0.6) is 5.75 Å². The summed E-state index contributed by atoms with van der Waals surface area (Å²) in [6, 6.07) is 13.0.